The topological polar surface area (TPSA) is 98.7 Å². The predicted molar refractivity (Wildman–Crippen MR) is 127 cm³/mol. The quantitative estimate of drug-likeness (QED) is 0.475. The molecule has 0 saturated heterocycles. The summed E-state index contributed by atoms with van der Waals surface area (Å²) >= 11 is 0. The first-order valence-electron chi connectivity index (χ1n) is 11.3. The van der Waals surface area contributed by atoms with E-state index in [2.05, 4.69) is 24.0 Å². The predicted octanol–water partition coefficient (Wildman–Crippen LogP) is 4.36. The van der Waals surface area contributed by atoms with E-state index in [1.165, 1.54) is 0 Å². The molecule has 0 fully saturated rings. The van der Waals surface area contributed by atoms with Crippen molar-refractivity contribution >= 4 is 5.91 Å². The average Bonchev–Trinajstić information content (AvgIpc) is 3.27. The van der Waals surface area contributed by atoms with Crippen LogP contribution >= 0.6 is 0 Å². The lowest BCUT2D eigenvalue weighted by Gasteiger charge is -2.26. The number of benzene rings is 2. The number of fused-ring (bicyclic) bond motifs is 1. The molecule has 174 valence electrons. The van der Waals surface area contributed by atoms with Crippen LogP contribution in [0.4, 0.5) is 0 Å². The molecule has 33 heavy (non-hydrogen) atoms. The van der Waals surface area contributed by atoms with E-state index >= 15 is 0 Å². The molecule has 2 heterocycles. The maximum atomic E-state index is 13.2. The Bertz CT molecular complexity index is 1150. The molecular formula is C26H31N3O4. The van der Waals surface area contributed by atoms with Crippen molar-refractivity contribution in [2.75, 3.05) is 19.8 Å². The van der Waals surface area contributed by atoms with Crippen LogP contribution in [-0.2, 0) is 0 Å². The zero-order valence-electron chi connectivity index (χ0n) is 19.6. The SMILES string of the molecule is Cc1cc(C)c(-c2n[nH]c3c2C(c2cccc(OCCC(C)C)c2)N(CCO)C3=O)c(O)c1. The molecule has 0 bridgehead atoms. The van der Waals surface area contributed by atoms with Crippen molar-refractivity contribution in [2.24, 2.45) is 5.92 Å². The lowest BCUT2D eigenvalue weighted by Crippen LogP contribution is -2.32. The van der Waals surface area contributed by atoms with Crippen LogP contribution in [0.1, 0.15) is 59.1 Å². The number of rotatable bonds is 8. The normalized spacial score (nSPS) is 15.4. The number of phenols is 1. The number of H-pyrrole nitrogens is 1. The Balaban J connectivity index is 1.80. The Morgan fingerprint density at radius 1 is 1.21 bits per heavy atom. The summed E-state index contributed by atoms with van der Waals surface area (Å²) in [4.78, 5) is 14.9. The molecule has 0 aliphatic carbocycles. The summed E-state index contributed by atoms with van der Waals surface area (Å²) in [5.41, 5.74) is 4.92. The number of aromatic nitrogens is 2. The number of β-amino-alcohol motifs (C(OH)–C–C–N with tert-alkyl or cyclic N) is 1. The highest BCUT2D eigenvalue weighted by molar-refractivity contribution is 6.00. The number of aromatic hydroxyl groups is 1. The first-order chi connectivity index (χ1) is 15.8. The minimum Gasteiger partial charge on any atom is -0.507 e. The number of carbonyl (C=O) groups is 1. The number of aryl methyl sites for hydroxylation is 2. The molecule has 0 spiro atoms. The number of ether oxygens (including phenoxy) is 1. The Hall–Kier alpha value is -3.32. The molecule has 2 aromatic carbocycles. The van der Waals surface area contributed by atoms with Crippen LogP contribution in [-0.4, -0.2) is 51.0 Å². The van der Waals surface area contributed by atoms with Crippen molar-refractivity contribution in [3.8, 4) is 22.8 Å². The fourth-order valence-corrected chi connectivity index (χ4v) is 4.51. The molecule has 0 radical (unpaired) electrons. The highest BCUT2D eigenvalue weighted by atomic mass is 16.5. The highest BCUT2D eigenvalue weighted by Gasteiger charge is 2.42. The minimum absolute atomic E-state index is 0.124. The summed E-state index contributed by atoms with van der Waals surface area (Å²) in [6, 6.07) is 10.9. The van der Waals surface area contributed by atoms with Crippen molar-refractivity contribution in [3.63, 3.8) is 0 Å². The van der Waals surface area contributed by atoms with E-state index < -0.39 is 6.04 Å². The molecule has 3 aromatic rings. The maximum Gasteiger partial charge on any atom is 0.273 e. The first-order valence-corrected chi connectivity index (χ1v) is 11.3. The van der Waals surface area contributed by atoms with Gasteiger partial charge in [0.1, 0.15) is 22.9 Å². The van der Waals surface area contributed by atoms with E-state index in [0.717, 1.165) is 28.9 Å². The molecule has 0 saturated carbocycles. The molecule has 3 N–H and O–H groups in total. The van der Waals surface area contributed by atoms with Gasteiger partial charge in [-0.25, -0.2) is 0 Å². The molecular weight excluding hydrogens is 418 g/mol. The van der Waals surface area contributed by atoms with E-state index in [-0.39, 0.29) is 24.8 Å². The zero-order chi connectivity index (χ0) is 23.7. The Morgan fingerprint density at radius 3 is 2.70 bits per heavy atom. The standard InChI is InChI=1S/C26H31N3O4/c1-15(2)8-11-33-19-7-5-6-18(14-19)25-22-23(21-17(4)12-16(3)13-20(21)31)27-28-24(22)26(32)29(25)9-10-30/h5-7,12-15,25,30-31H,8-11H2,1-4H3,(H,27,28). The second-order valence-electron chi connectivity index (χ2n) is 9.06. The molecule has 1 aromatic heterocycles. The molecule has 4 rings (SSSR count). The van der Waals surface area contributed by atoms with Gasteiger partial charge in [-0.15, -0.1) is 0 Å². The lowest BCUT2D eigenvalue weighted by molar-refractivity contribution is 0.0706. The number of aliphatic hydroxyl groups excluding tert-OH is 1. The molecule has 1 aliphatic rings. The first kappa shape index (κ1) is 22.9. The van der Waals surface area contributed by atoms with Gasteiger partial charge in [-0.2, -0.15) is 5.10 Å². The van der Waals surface area contributed by atoms with Gasteiger partial charge in [-0.3, -0.25) is 9.89 Å². The van der Waals surface area contributed by atoms with Crippen LogP contribution in [0.2, 0.25) is 0 Å². The molecule has 7 nitrogen and oxygen atoms in total. The van der Waals surface area contributed by atoms with E-state index in [1.807, 2.05) is 44.2 Å². The fraction of sp³-hybridized carbons (Fsp3) is 0.385. The van der Waals surface area contributed by atoms with Gasteiger partial charge in [0.05, 0.1) is 19.3 Å². The van der Waals surface area contributed by atoms with Crippen LogP contribution < -0.4 is 4.74 Å². The highest BCUT2D eigenvalue weighted by Crippen LogP contribution is 2.45. The summed E-state index contributed by atoms with van der Waals surface area (Å²) in [5, 5.41) is 27.7. The number of hydrogen-bond donors (Lipinski definition) is 3. The van der Waals surface area contributed by atoms with Gasteiger partial charge in [0.2, 0.25) is 0 Å². The third kappa shape index (κ3) is 4.33. The third-order valence-corrected chi connectivity index (χ3v) is 6.04. The van der Waals surface area contributed by atoms with E-state index in [0.29, 0.717) is 35.0 Å². The number of nitrogens with one attached hydrogen (secondary N) is 1. The monoisotopic (exact) mass is 449 g/mol. The molecule has 7 heteroatoms. The van der Waals surface area contributed by atoms with Crippen molar-refractivity contribution in [2.45, 2.75) is 40.2 Å². The lowest BCUT2D eigenvalue weighted by atomic mass is 9.93. The van der Waals surface area contributed by atoms with Crippen molar-refractivity contribution < 1.29 is 19.7 Å². The fourth-order valence-electron chi connectivity index (χ4n) is 4.51. The number of hydrogen-bond acceptors (Lipinski definition) is 5. The number of aromatic amines is 1. The summed E-state index contributed by atoms with van der Waals surface area (Å²) in [7, 11) is 0. The number of phenolic OH excluding ortho intramolecular Hbond substituents is 1. The van der Waals surface area contributed by atoms with E-state index in [4.69, 9.17) is 4.74 Å². The van der Waals surface area contributed by atoms with Gasteiger partial charge in [0.25, 0.3) is 5.91 Å². The molecule has 1 unspecified atom stereocenters. The largest absolute Gasteiger partial charge is 0.507 e. The summed E-state index contributed by atoms with van der Waals surface area (Å²) in [6.45, 7) is 8.79. The van der Waals surface area contributed by atoms with Crippen LogP contribution in [0.25, 0.3) is 11.3 Å². The average molecular weight is 450 g/mol. The van der Waals surface area contributed by atoms with Gasteiger partial charge in [-0.05, 0) is 61.1 Å². The number of aliphatic hydroxyl groups is 1. The van der Waals surface area contributed by atoms with E-state index in [1.54, 1.807) is 11.0 Å². The number of amides is 1. The third-order valence-electron chi connectivity index (χ3n) is 6.04. The smallest absolute Gasteiger partial charge is 0.273 e. The van der Waals surface area contributed by atoms with Gasteiger partial charge >= 0.3 is 0 Å². The molecule has 1 atom stereocenters. The minimum atomic E-state index is -0.456. The molecule has 1 amide bonds. The van der Waals surface area contributed by atoms with Crippen LogP contribution in [0.15, 0.2) is 36.4 Å². The Labute approximate surface area is 194 Å². The Kier molecular flexibility index (Phi) is 6.42. The van der Waals surface area contributed by atoms with E-state index in [9.17, 15) is 15.0 Å². The second kappa shape index (κ2) is 9.27. The second-order valence-corrected chi connectivity index (χ2v) is 9.06. The zero-order valence-corrected chi connectivity index (χ0v) is 19.6. The van der Waals surface area contributed by atoms with Gasteiger partial charge < -0.3 is 19.8 Å². The van der Waals surface area contributed by atoms with Crippen molar-refractivity contribution in [1.29, 1.82) is 0 Å². The summed E-state index contributed by atoms with van der Waals surface area (Å²) in [6.07, 6.45) is 0.949. The van der Waals surface area contributed by atoms with Gasteiger partial charge in [0.15, 0.2) is 0 Å². The summed E-state index contributed by atoms with van der Waals surface area (Å²) in [5.74, 6) is 1.18. The number of nitrogens with zero attached hydrogens (tertiary/aromatic N) is 2. The van der Waals surface area contributed by atoms with Crippen LogP contribution in [0.3, 0.4) is 0 Å². The van der Waals surface area contributed by atoms with Crippen LogP contribution in [0, 0.1) is 19.8 Å². The number of carbonyl (C=O) groups excluding carboxylic acids is 1. The van der Waals surface area contributed by atoms with Crippen molar-refractivity contribution in [3.05, 3.63) is 64.3 Å². The Morgan fingerprint density at radius 2 is 2.00 bits per heavy atom. The van der Waals surface area contributed by atoms with Crippen LogP contribution in [0.5, 0.6) is 11.5 Å². The summed E-state index contributed by atoms with van der Waals surface area (Å²) < 4.78 is 5.96. The maximum absolute atomic E-state index is 13.2. The van der Waals surface area contributed by atoms with Gasteiger partial charge in [-0.1, -0.05) is 32.0 Å². The van der Waals surface area contributed by atoms with Crippen molar-refractivity contribution in [1.82, 2.24) is 15.1 Å². The molecule has 1 aliphatic heterocycles. The van der Waals surface area contributed by atoms with Gasteiger partial charge in [0, 0.05) is 17.7 Å².